The summed E-state index contributed by atoms with van der Waals surface area (Å²) in [6.07, 6.45) is 1.66. The molecular formula is C21H18BrClFNO3S. The van der Waals surface area contributed by atoms with E-state index in [2.05, 4.69) is 29.8 Å². The van der Waals surface area contributed by atoms with Crippen LogP contribution in [0.2, 0.25) is 5.02 Å². The summed E-state index contributed by atoms with van der Waals surface area (Å²) >= 11 is 10.4. The molecule has 3 rings (SSSR count). The van der Waals surface area contributed by atoms with E-state index in [1.807, 2.05) is 18.2 Å². The number of thioether (sulfide) groups is 1. The zero-order valence-electron chi connectivity index (χ0n) is 15.7. The van der Waals surface area contributed by atoms with Gasteiger partial charge in [0.25, 0.3) is 11.1 Å². The molecule has 1 aliphatic rings. The fourth-order valence-corrected chi connectivity index (χ4v) is 4.16. The van der Waals surface area contributed by atoms with Crippen LogP contribution in [-0.4, -0.2) is 22.7 Å². The first-order valence-electron chi connectivity index (χ1n) is 8.86. The molecule has 0 radical (unpaired) electrons. The van der Waals surface area contributed by atoms with E-state index in [-0.39, 0.29) is 11.6 Å². The first-order chi connectivity index (χ1) is 13.7. The highest BCUT2D eigenvalue weighted by Crippen LogP contribution is 2.35. The summed E-state index contributed by atoms with van der Waals surface area (Å²) in [5.74, 6) is 0.244. The smallest absolute Gasteiger partial charge is 0.293 e. The number of hydrogen-bond acceptors (Lipinski definition) is 4. The number of nitrogens with zero attached hydrogens (tertiary/aromatic N) is 1. The lowest BCUT2D eigenvalue weighted by Crippen LogP contribution is -2.27. The monoisotopic (exact) mass is 497 g/mol. The van der Waals surface area contributed by atoms with Crippen LogP contribution in [0.1, 0.15) is 25.0 Å². The van der Waals surface area contributed by atoms with Gasteiger partial charge < -0.3 is 4.74 Å². The van der Waals surface area contributed by atoms with Gasteiger partial charge in [-0.3, -0.25) is 14.5 Å². The van der Waals surface area contributed by atoms with E-state index in [1.54, 1.807) is 6.08 Å². The van der Waals surface area contributed by atoms with Crippen LogP contribution in [0.25, 0.3) is 6.08 Å². The van der Waals surface area contributed by atoms with Gasteiger partial charge in [0.1, 0.15) is 11.6 Å². The van der Waals surface area contributed by atoms with Crippen molar-refractivity contribution < 1.29 is 18.7 Å². The molecule has 1 saturated heterocycles. The molecule has 4 nitrogen and oxygen atoms in total. The molecule has 0 aliphatic carbocycles. The second-order valence-corrected chi connectivity index (χ2v) is 9.15. The van der Waals surface area contributed by atoms with Gasteiger partial charge in [0.2, 0.25) is 0 Å². The van der Waals surface area contributed by atoms with Crippen molar-refractivity contribution in [2.45, 2.75) is 20.4 Å². The second-order valence-electron chi connectivity index (χ2n) is 6.90. The van der Waals surface area contributed by atoms with Crippen LogP contribution in [0.4, 0.5) is 9.18 Å². The molecule has 29 heavy (non-hydrogen) atoms. The maximum absolute atomic E-state index is 13.2. The minimum atomic E-state index is -0.473. The second kappa shape index (κ2) is 9.32. The summed E-state index contributed by atoms with van der Waals surface area (Å²) in [7, 11) is 0. The highest BCUT2D eigenvalue weighted by Gasteiger charge is 2.35. The molecule has 1 heterocycles. The number of imide groups is 1. The Labute approximate surface area is 186 Å². The predicted octanol–water partition coefficient (Wildman–Crippen LogP) is 6.51. The minimum absolute atomic E-state index is 0.00715. The number of hydrogen-bond donors (Lipinski definition) is 0. The minimum Gasteiger partial charge on any atom is -0.492 e. The molecule has 1 aliphatic heterocycles. The summed E-state index contributed by atoms with van der Waals surface area (Å²) in [6, 6.07) is 9.35. The SMILES string of the molecule is CC(C)COc1ccc(/C=C2/SC(=O)N(Cc3ccc(F)cc3Cl)C2=O)cc1Br. The third-order valence-corrected chi connectivity index (χ3v) is 5.92. The Balaban J connectivity index is 1.76. The molecule has 2 aromatic rings. The summed E-state index contributed by atoms with van der Waals surface area (Å²) in [6.45, 7) is 4.73. The average Bonchev–Trinajstić information content (AvgIpc) is 2.90. The summed E-state index contributed by atoms with van der Waals surface area (Å²) < 4.78 is 19.7. The third kappa shape index (κ3) is 5.41. The number of amides is 2. The van der Waals surface area contributed by atoms with Crippen LogP contribution in [0, 0.1) is 11.7 Å². The van der Waals surface area contributed by atoms with Gasteiger partial charge in [-0.1, -0.05) is 37.6 Å². The van der Waals surface area contributed by atoms with Crippen molar-refractivity contribution in [3.63, 3.8) is 0 Å². The van der Waals surface area contributed by atoms with Gasteiger partial charge in [-0.2, -0.15) is 0 Å². The van der Waals surface area contributed by atoms with Gasteiger partial charge in [-0.25, -0.2) is 4.39 Å². The van der Waals surface area contributed by atoms with E-state index >= 15 is 0 Å². The van der Waals surface area contributed by atoms with E-state index in [0.717, 1.165) is 38.5 Å². The topological polar surface area (TPSA) is 46.6 Å². The van der Waals surface area contributed by atoms with Crippen molar-refractivity contribution >= 4 is 56.5 Å². The van der Waals surface area contributed by atoms with Crippen LogP contribution in [0.15, 0.2) is 45.8 Å². The summed E-state index contributed by atoms with van der Waals surface area (Å²) in [5.41, 5.74) is 1.27. The Morgan fingerprint density at radius 2 is 2.00 bits per heavy atom. The van der Waals surface area contributed by atoms with Gasteiger partial charge in [0.05, 0.1) is 22.5 Å². The number of halogens is 3. The maximum Gasteiger partial charge on any atom is 0.293 e. The van der Waals surface area contributed by atoms with Crippen LogP contribution in [-0.2, 0) is 11.3 Å². The van der Waals surface area contributed by atoms with E-state index < -0.39 is 17.0 Å². The maximum atomic E-state index is 13.2. The van der Waals surface area contributed by atoms with Crippen molar-refractivity contribution in [3.8, 4) is 5.75 Å². The number of carbonyl (C=O) groups excluding carboxylic acids is 2. The number of rotatable bonds is 6. The summed E-state index contributed by atoms with van der Waals surface area (Å²) in [4.78, 5) is 26.4. The molecule has 2 amide bonds. The quantitative estimate of drug-likeness (QED) is 0.426. The fourth-order valence-electron chi connectivity index (χ4n) is 2.59. The molecule has 0 bridgehead atoms. The van der Waals surface area contributed by atoms with E-state index in [4.69, 9.17) is 16.3 Å². The van der Waals surface area contributed by atoms with Crippen molar-refractivity contribution in [1.29, 1.82) is 0 Å². The molecule has 0 spiro atoms. The van der Waals surface area contributed by atoms with Gasteiger partial charge in [-0.05, 0) is 75.1 Å². The van der Waals surface area contributed by atoms with Gasteiger partial charge in [0, 0.05) is 5.02 Å². The highest BCUT2D eigenvalue weighted by atomic mass is 79.9. The molecule has 2 aromatic carbocycles. The first kappa shape index (κ1) is 21.9. The van der Waals surface area contributed by atoms with Gasteiger partial charge >= 0.3 is 0 Å². The molecule has 1 fully saturated rings. The molecule has 152 valence electrons. The van der Waals surface area contributed by atoms with Crippen LogP contribution in [0.5, 0.6) is 5.75 Å². The standard InChI is InChI=1S/C21H18BrClFNO3S/c1-12(2)11-28-18-6-3-13(7-16(18)22)8-19-20(26)25(21(27)29-19)10-14-4-5-15(24)9-17(14)23/h3-9,12H,10-11H2,1-2H3/b19-8+. The van der Waals surface area contributed by atoms with E-state index in [1.165, 1.54) is 12.1 Å². The van der Waals surface area contributed by atoms with Crippen molar-refractivity contribution in [2.24, 2.45) is 5.92 Å². The molecule has 0 atom stereocenters. The molecule has 0 aromatic heterocycles. The van der Waals surface area contributed by atoms with Crippen molar-refractivity contribution in [3.05, 3.63) is 67.7 Å². The Morgan fingerprint density at radius 3 is 2.66 bits per heavy atom. The van der Waals surface area contributed by atoms with Crippen LogP contribution in [0.3, 0.4) is 0 Å². The molecule has 0 unspecified atom stereocenters. The van der Waals surface area contributed by atoms with Crippen molar-refractivity contribution in [1.82, 2.24) is 4.90 Å². The lowest BCUT2D eigenvalue weighted by atomic mass is 10.2. The Hall–Kier alpha value is -1.83. The number of carbonyl (C=O) groups is 2. The Bertz CT molecular complexity index is 996. The predicted molar refractivity (Wildman–Crippen MR) is 117 cm³/mol. The lowest BCUT2D eigenvalue weighted by molar-refractivity contribution is -0.123. The van der Waals surface area contributed by atoms with Gasteiger partial charge in [-0.15, -0.1) is 0 Å². The number of benzene rings is 2. The molecule has 0 saturated carbocycles. The van der Waals surface area contributed by atoms with Crippen LogP contribution >= 0.6 is 39.3 Å². The zero-order chi connectivity index (χ0) is 21.1. The molecule has 8 heteroatoms. The first-order valence-corrected chi connectivity index (χ1v) is 10.8. The zero-order valence-corrected chi connectivity index (χ0v) is 18.9. The average molecular weight is 499 g/mol. The Kier molecular flexibility index (Phi) is 7.03. The van der Waals surface area contributed by atoms with Crippen molar-refractivity contribution in [2.75, 3.05) is 6.61 Å². The van der Waals surface area contributed by atoms with Crippen LogP contribution < -0.4 is 4.74 Å². The van der Waals surface area contributed by atoms with Gasteiger partial charge in [0.15, 0.2) is 0 Å². The normalized spacial score (nSPS) is 15.7. The Morgan fingerprint density at radius 1 is 1.24 bits per heavy atom. The lowest BCUT2D eigenvalue weighted by Gasteiger charge is -2.13. The third-order valence-electron chi connectivity index (χ3n) is 4.04. The van der Waals surface area contributed by atoms with E-state index in [9.17, 15) is 14.0 Å². The fraction of sp³-hybridized carbons (Fsp3) is 0.238. The molecule has 0 N–H and O–H groups in total. The highest BCUT2D eigenvalue weighted by molar-refractivity contribution is 9.10. The summed E-state index contributed by atoms with van der Waals surface area (Å²) in [5, 5.41) is -0.216. The largest absolute Gasteiger partial charge is 0.492 e. The number of ether oxygens (including phenoxy) is 1. The molecular weight excluding hydrogens is 481 g/mol. The van der Waals surface area contributed by atoms with E-state index in [0.29, 0.717) is 23.0 Å².